The van der Waals surface area contributed by atoms with Gasteiger partial charge >= 0.3 is 21.1 Å². The molecule has 0 aliphatic rings. The molecule has 0 bridgehead atoms. The van der Waals surface area contributed by atoms with Crippen molar-refractivity contribution in [2.24, 2.45) is 0 Å². The summed E-state index contributed by atoms with van der Waals surface area (Å²) in [5.74, 6) is 0. The van der Waals surface area contributed by atoms with E-state index in [4.69, 9.17) is 132 Å². The first-order chi connectivity index (χ1) is 20.5. The van der Waals surface area contributed by atoms with E-state index < -0.39 is 22.8 Å². The number of hydrogen-bond acceptors (Lipinski definition) is 16. The molecule has 0 spiro atoms. The van der Waals surface area contributed by atoms with Gasteiger partial charge in [-0.05, 0) is 51.4 Å². The Bertz CT molecular complexity index is 649. The summed E-state index contributed by atoms with van der Waals surface area (Å²) in [6.07, 6.45) is 7.48. The Morgan fingerprint density at radius 3 is 0.467 bits per heavy atom. The van der Waals surface area contributed by atoms with Gasteiger partial charge in [0.1, 0.15) is 0 Å². The molecule has 0 N–H and O–H groups in total. The van der Waals surface area contributed by atoms with Gasteiger partial charge in [0.25, 0.3) is 0 Å². The molecule has 45 heavy (non-hydrogen) atoms. The van der Waals surface area contributed by atoms with Crippen LogP contribution in [0.4, 0.5) is 0 Å². The maximum absolute atomic E-state index is 5.20. The zero-order chi connectivity index (χ0) is 35.0. The predicted octanol–water partition coefficient (Wildman–Crippen LogP) is 10.4. The summed E-state index contributed by atoms with van der Waals surface area (Å²) in [6, 6.07) is 0. The molecule has 0 saturated carbocycles. The van der Waals surface area contributed by atoms with Crippen LogP contribution in [0.3, 0.4) is 0 Å². The Labute approximate surface area is 332 Å². The Morgan fingerprint density at radius 1 is 0.311 bits per heavy atom. The fraction of sp³-hybridized carbons (Fsp3) is 1.00. The normalized spacial score (nSPS) is 11.6. The zero-order valence-electron chi connectivity index (χ0n) is 28.0. The fourth-order valence-corrected chi connectivity index (χ4v) is 8.90. The molecule has 21 heteroatoms. The van der Waals surface area contributed by atoms with E-state index >= 15 is 0 Å². The zero-order valence-corrected chi connectivity index (χ0v) is 40.2. The summed E-state index contributed by atoms with van der Waals surface area (Å²) in [6.45, 7) is 21.1. The third-order valence-corrected chi connectivity index (χ3v) is 12.7. The van der Waals surface area contributed by atoms with E-state index in [1.807, 2.05) is 55.4 Å². The van der Waals surface area contributed by atoms with Gasteiger partial charge in [0, 0.05) is 0 Å². The van der Waals surface area contributed by atoms with Crippen molar-refractivity contribution in [3.8, 4) is 0 Å². The fourth-order valence-electron chi connectivity index (χ4n) is 1.77. The van der Waals surface area contributed by atoms with E-state index in [-0.39, 0.29) is 21.1 Å². The standard InChI is InChI=1S/4C6H15O2PS2.Mo/c4*1-3-5-7-9(10,11)8-6-4-2;/h4*3-6H2,1-2H3,(H,10,11);/q;;;;+4/p-4. The Hall–Kier alpha value is 4.37. The van der Waals surface area contributed by atoms with Gasteiger partial charge in [-0.15, -0.1) is 0 Å². The van der Waals surface area contributed by atoms with Crippen molar-refractivity contribution in [2.45, 2.75) is 107 Å². The molecule has 0 saturated heterocycles. The van der Waals surface area contributed by atoms with Gasteiger partial charge in [-0.2, -0.15) is 0 Å². The third-order valence-electron chi connectivity index (χ3n) is 3.63. The molecule has 0 aliphatic heterocycles. The summed E-state index contributed by atoms with van der Waals surface area (Å²) in [5.41, 5.74) is -9.24. The first kappa shape index (κ1) is 58.7. The summed E-state index contributed by atoms with van der Waals surface area (Å²) < 4.78 is 41.6. The Kier molecular flexibility index (Phi) is 51.6. The molecule has 0 aromatic heterocycles. The van der Waals surface area contributed by atoms with Crippen molar-refractivity contribution < 1.29 is 57.3 Å². The van der Waals surface area contributed by atoms with Crippen LogP contribution in [0, 0.1) is 0 Å². The van der Waals surface area contributed by atoms with E-state index in [0.29, 0.717) is 52.9 Å². The predicted molar refractivity (Wildman–Crippen MR) is 217 cm³/mol. The Morgan fingerprint density at radius 2 is 0.400 bits per heavy atom. The molecule has 274 valence electrons. The van der Waals surface area contributed by atoms with Crippen molar-refractivity contribution in [1.29, 1.82) is 0 Å². The average Bonchev–Trinajstić information content (AvgIpc) is 2.98. The second-order valence-electron chi connectivity index (χ2n) is 8.45. The number of rotatable bonds is 24. The van der Waals surface area contributed by atoms with Crippen LogP contribution in [0.15, 0.2) is 0 Å². The molecule has 0 atom stereocenters. The molecule has 0 amide bonds. The van der Waals surface area contributed by atoms with Gasteiger partial charge < -0.3 is 85.2 Å². The molecule has 0 unspecified atom stereocenters. The van der Waals surface area contributed by atoms with Crippen LogP contribution in [-0.4, -0.2) is 52.9 Å². The summed E-state index contributed by atoms with van der Waals surface area (Å²) in [4.78, 5) is 0. The molecule has 8 nitrogen and oxygen atoms in total. The topological polar surface area (TPSA) is 73.8 Å². The van der Waals surface area contributed by atoms with Crippen molar-refractivity contribution in [2.75, 3.05) is 52.9 Å². The smallest absolute Gasteiger partial charge is 0.691 e. The van der Waals surface area contributed by atoms with E-state index in [1.54, 1.807) is 0 Å². The average molecular weight is 949 g/mol. The number of hydrogen-bond donors (Lipinski definition) is 0. The van der Waals surface area contributed by atoms with Crippen LogP contribution in [0.5, 0.6) is 0 Å². The summed E-state index contributed by atoms with van der Waals surface area (Å²) in [5, 5.41) is 0. The van der Waals surface area contributed by atoms with E-state index in [1.165, 1.54) is 0 Å². The van der Waals surface area contributed by atoms with Gasteiger partial charge in [-0.3, -0.25) is 0 Å². The molecule has 0 heterocycles. The van der Waals surface area contributed by atoms with Crippen molar-refractivity contribution in [1.82, 2.24) is 0 Å². The largest absolute Gasteiger partial charge is 4.00 e. The second-order valence-corrected chi connectivity index (χ2v) is 28.4. The van der Waals surface area contributed by atoms with E-state index in [0.717, 1.165) is 51.4 Å². The maximum atomic E-state index is 5.20. The second kappa shape index (κ2) is 39.6. The molecule has 0 fully saturated rings. The minimum absolute atomic E-state index is 0. The van der Waals surface area contributed by atoms with Crippen LogP contribution >= 0.6 is 22.8 Å². The van der Waals surface area contributed by atoms with Gasteiger partial charge in [0.05, 0.1) is 75.6 Å². The van der Waals surface area contributed by atoms with Crippen LogP contribution in [0.25, 0.3) is 0 Å². The quantitative estimate of drug-likeness (QED) is 0.0523. The van der Waals surface area contributed by atoms with Gasteiger partial charge in [-0.25, -0.2) is 0 Å². The van der Waals surface area contributed by atoms with Gasteiger partial charge in [0.15, 0.2) is 0 Å². The van der Waals surface area contributed by atoms with E-state index in [9.17, 15) is 0 Å². The van der Waals surface area contributed by atoms with Crippen molar-refractivity contribution >= 4 is 119 Å². The molecule has 0 aromatic carbocycles. The maximum Gasteiger partial charge on any atom is 4.00 e. The minimum atomic E-state index is -2.31. The van der Waals surface area contributed by atoms with Crippen LogP contribution < -0.4 is 0 Å². The molecule has 0 rings (SSSR count). The molecular formula is C24H56MoO8P4S8. The van der Waals surface area contributed by atoms with Crippen LogP contribution in [-0.2, 0) is 153 Å². The molecular weight excluding hydrogens is 893 g/mol. The SMILES string of the molecule is CCCOP(=S)([S-])OCCC.CCCOP(=S)([S-])OCCC.CCCOP(=S)([S-])OCCC.CCCOP(=S)([S-])OCCC.[Mo+4]. The van der Waals surface area contributed by atoms with Crippen molar-refractivity contribution in [3.05, 3.63) is 0 Å². The van der Waals surface area contributed by atoms with Gasteiger partial charge in [-0.1, -0.05) is 103 Å². The molecule has 0 aromatic rings. The van der Waals surface area contributed by atoms with Crippen LogP contribution in [0.1, 0.15) is 107 Å². The molecule has 0 radical (unpaired) electrons. The summed E-state index contributed by atoms with van der Waals surface area (Å²) >= 11 is 39.6. The molecule has 0 aliphatic carbocycles. The third kappa shape index (κ3) is 52.8. The van der Waals surface area contributed by atoms with Crippen LogP contribution in [0.2, 0.25) is 0 Å². The summed E-state index contributed by atoms with van der Waals surface area (Å²) in [7, 11) is 0. The Balaban J connectivity index is -0.000000157. The van der Waals surface area contributed by atoms with E-state index in [2.05, 4.69) is 0 Å². The van der Waals surface area contributed by atoms with Gasteiger partial charge in [0.2, 0.25) is 0 Å². The first-order valence-corrected chi connectivity index (χ1v) is 29.5. The minimum Gasteiger partial charge on any atom is -0.691 e. The van der Waals surface area contributed by atoms with Crippen molar-refractivity contribution in [3.63, 3.8) is 0 Å². The first-order valence-electron chi connectivity index (χ1n) is 14.9. The monoisotopic (exact) mass is 950 g/mol.